The van der Waals surface area contributed by atoms with Crippen LogP contribution in [-0.2, 0) is 21.5 Å². The molecule has 8 heteroatoms. The lowest BCUT2D eigenvalue weighted by Crippen LogP contribution is -2.50. The molecule has 0 atom stereocenters. The topological polar surface area (TPSA) is 81.5 Å². The van der Waals surface area contributed by atoms with Gasteiger partial charge in [-0.2, -0.15) is 9.57 Å². The van der Waals surface area contributed by atoms with Crippen LogP contribution in [0.4, 0.5) is 0 Å². The number of rotatable bonds is 7. The van der Waals surface area contributed by atoms with Gasteiger partial charge in [-0.25, -0.2) is 8.42 Å². The Labute approximate surface area is 204 Å². The standard InChI is InChI=1S/C26H25N3O3S2/c27-18-21-10-12-22(13-11-21)19-33-25-9-5-4-8-24(25)26(30)28-14-16-29(17-15-28)34(31,32)20-23-6-2-1-3-7-23/h1-13H,14-17,19-20H2. The SMILES string of the molecule is N#Cc1ccc(CSc2ccccc2C(=O)N2CCN(S(=O)(=O)Cc3ccccc3)CC2)cc1. The number of amides is 1. The number of nitrogens with zero attached hydrogens (tertiary/aromatic N) is 3. The van der Waals surface area contributed by atoms with E-state index in [-0.39, 0.29) is 11.7 Å². The molecule has 1 aliphatic heterocycles. The van der Waals surface area contributed by atoms with Crippen LogP contribution >= 0.6 is 11.8 Å². The number of hydrogen-bond donors (Lipinski definition) is 0. The first-order chi connectivity index (χ1) is 16.5. The summed E-state index contributed by atoms with van der Waals surface area (Å²) in [5.74, 6) is 0.570. The molecule has 0 aromatic heterocycles. The number of carbonyl (C=O) groups is 1. The third-order valence-corrected chi connectivity index (χ3v) is 8.70. The van der Waals surface area contributed by atoms with Gasteiger partial charge in [0.15, 0.2) is 0 Å². The molecule has 34 heavy (non-hydrogen) atoms. The van der Waals surface area contributed by atoms with Crippen LogP contribution in [0.25, 0.3) is 0 Å². The number of benzene rings is 3. The monoisotopic (exact) mass is 491 g/mol. The second-order valence-electron chi connectivity index (χ2n) is 8.03. The minimum Gasteiger partial charge on any atom is -0.336 e. The van der Waals surface area contributed by atoms with E-state index in [1.54, 1.807) is 28.8 Å². The van der Waals surface area contributed by atoms with Gasteiger partial charge >= 0.3 is 0 Å². The summed E-state index contributed by atoms with van der Waals surface area (Å²) in [4.78, 5) is 15.9. The van der Waals surface area contributed by atoms with Gasteiger partial charge in [-0.15, -0.1) is 11.8 Å². The first kappa shape index (κ1) is 24.0. The molecule has 1 fully saturated rings. The highest BCUT2D eigenvalue weighted by molar-refractivity contribution is 7.98. The fourth-order valence-corrected chi connectivity index (χ4v) is 6.34. The minimum atomic E-state index is -3.43. The second kappa shape index (κ2) is 10.9. The van der Waals surface area contributed by atoms with Crippen LogP contribution in [0.1, 0.15) is 27.0 Å². The Morgan fingerprint density at radius 2 is 1.50 bits per heavy atom. The Balaban J connectivity index is 1.38. The zero-order valence-corrected chi connectivity index (χ0v) is 20.3. The smallest absolute Gasteiger partial charge is 0.255 e. The summed E-state index contributed by atoms with van der Waals surface area (Å²) in [6, 6.07) is 26.2. The largest absolute Gasteiger partial charge is 0.336 e. The summed E-state index contributed by atoms with van der Waals surface area (Å²) < 4.78 is 27.1. The van der Waals surface area contributed by atoms with E-state index in [1.165, 1.54) is 4.31 Å². The Bertz CT molecular complexity index is 1280. The predicted octanol–water partition coefficient (Wildman–Crippen LogP) is 4.14. The maximum absolute atomic E-state index is 13.3. The molecule has 0 saturated carbocycles. The van der Waals surface area contributed by atoms with E-state index >= 15 is 0 Å². The Morgan fingerprint density at radius 1 is 0.853 bits per heavy atom. The van der Waals surface area contributed by atoms with Crippen LogP contribution in [0.15, 0.2) is 83.8 Å². The molecule has 174 valence electrons. The Morgan fingerprint density at radius 3 is 2.18 bits per heavy atom. The van der Waals surface area contributed by atoms with Gasteiger partial charge in [-0.05, 0) is 35.4 Å². The van der Waals surface area contributed by atoms with Crippen LogP contribution < -0.4 is 0 Å². The molecule has 3 aromatic carbocycles. The van der Waals surface area contributed by atoms with Crippen LogP contribution in [0.2, 0.25) is 0 Å². The highest BCUT2D eigenvalue weighted by Gasteiger charge is 2.30. The summed E-state index contributed by atoms with van der Waals surface area (Å²) in [5.41, 5.74) is 3.08. The van der Waals surface area contributed by atoms with Crippen molar-refractivity contribution >= 4 is 27.7 Å². The van der Waals surface area contributed by atoms with Crippen molar-refractivity contribution in [1.29, 1.82) is 5.26 Å². The molecular weight excluding hydrogens is 466 g/mol. The molecule has 4 rings (SSSR count). The minimum absolute atomic E-state index is 0.0311. The van der Waals surface area contributed by atoms with Gasteiger partial charge in [0.2, 0.25) is 10.0 Å². The number of piperazine rings is 1. The fraction of sp³-hybridized carbons (Fsp3) is 0.231. The maximum atomic E-state index is 13.3. The quantitative estimate of drug-likeness (QED) is 0.464. The summed E-state index contributed by atoms with van der Waals surface area (Å²) in [7, 11) is -3.43. The molecule has 0 spiro atoms. The molecule has 0 N–H and O–H groups in total. The molecular formula is C26H25N3O3S2. The molecule has 0 unspecified atom stereocenters. The van der Waals surface area contributed by atoms with E-state index in [0.29, 0.717) is 43.1 Å². The van der Waals surface area contributed by atoms with E-state index in [1.807, 2.05) is 66.7 Å². The van der Waals surface area contributed by atoms with Gasteiger partial charge in [0.05, 0.1) is 22.9 Å². The average molecular weight is 492 g/mol. The molecule has 1 heterocycles. The number of sulfonamides is 1. The van der Waals surface area contributed by atoms with Crippen molar-refractivity contribution in [3.05, 3.63) is 101 Å². The van der Waals surface area contributed by atoms with Gasteiger partial charge in [0.1, 0.15) is 0 Å². The molecule has 1 amide bonds. The molecule has 1 saturated heterocycles. The number of hydrogen-bond acceptors (Lipinski definition) is 5. The Hall–Kier alpha value is -3.12. The van der Waals surface area contributed by atoms with Crippen molar-refractivity contribution in [2.75, 3.05) is 26.2 Å². The predicted molar refractivity (Wildman–Crippen MR) is 134 cm³/mol. The molecule has 1 aliphatic rings. The summed E-state index contributed by atoms with van der Waals surface area (Å²) in [5, 5.41) is 8.95. The molecule has 6 nitrogen and oxygen atoms in total. The van der Waals surface area contributed by atoms with Crippen molar-refractivity contribution in [3.8, 4) is 6.07 Å². The van der Waals surface area contributed by atoms with Crippen molar-refractivity contribution in [1.82, 2.24) is 9.21 Å². The van der Waals surface area contributed by atoms with E-state index in [2.05, 4.69) is 6.07 Å². The van der Waals surface area contributed by atoms with Gasteiger partial charge in [0, 0.05) is 36.8 Å². The average Bonchev–Trinajstić information content (AvgIpc) is 2.88. The first-order valence-electron chi connectivity index (χ1n) is 11.0. The van der Waals surface area contributed by atoms with Crippen LogP contribution in [0.3, 0.4) is 0 Å². The van der Waals surface area contributed by atoms with E-state index in [4.69, 9.17) is 5.26 Å². The second-order valence-corrected chi connectivity index (χ2v) is 11.0. The Kier molecular flexibility index (Phi) is 7.68. The molecule has 0 bridgehead atoms. The van der Waals surface area contributed by atoms with E-state index in [0.717, 1.165) is 16.0 Å². The summed E-state index contributed by atoms with van der Waals surface area (Å²) in [6.45, 7) is 1.31. The molecule has 0 radical (unpaired) electrons. The summed E-state index contributed by atoms with van der Waals surface area (Å²) in [6.07, 6.45) is 0. The van der Waals surface area contributed by atoms with Gasteiger partial charge in [0.25, 0.3) is 5.91 Å². The maximum Gasteiger partial charge on any atom is 0.255 e. The number of nitriles is 1. The fourth-order valence-electron chi connectivity index (χ4n) is 3.82. The van der Waals surface area contributed by atoms with Gasteiger partial charge < -0.3 is 4.90 Å². The van der Waals surface area contributed by atoms with Crippen molar-refractivity contribution in [2.45, 2.75) is 16.4 Å². The lowest BCUT2D eigenvalue weighted by atomic mass is 10.2. The zero-order chi connectivity index (χ0) is 24.0. The van der Waals surface area contributed by atoms with Gasteiger partial charge in [-0.1, -0.05) is 54.6 Å². The van der Waals surface area contributed by atoms with Crippen LogP contribution in [0.5, 0.6) is 0 Å². The lowest BCUT2D eigenvalue weighted by molar-refractivity contribution is 0.0694. The highest BCUT2D eigenvalue weighted by Crippen LogP contribution is 2.28. The van der Waals surface area contributed by atoms with Crippen LogP contribution in [0, 0.1) is 11.3 Å². The van der Waals surface area contributed by atoms with Crippen molar-refractivity contribution in [3.63, 3.8) is 0 Å². The van der Waals surface area contributed by atoms with Crippen molar-refractivity contribution < 1.29 is 13.2 Å². The highest BCUT2D eigenvalue weighted by atomic mass is 32.2. The van der Waals surface area contributed by atoms with Gasteiger partial charge in [-0.3, -0.25) is 4.79 Å². The summed E-state index contributed by atoms with van der Waals surface area (Å²) >= 11 is 1.58. The third-order valence-electron chi connectivity index (χ3n) is 5.71. The van der Waals surface area contributed by atoms with E-state index < -0.39 is 10.0 Å². The number of thioether (sulfide) groups is 1. The number of carbonyl (C=O) groups excluding carboxylic acids is 1. The normalized spacial score (nSPS) is 14.5. The zero-order valence-electron chi connectivity index (χ0n) is 18.6. The molecule has 0 aliphatic carbocycles. The van der Waals surface area contributed by atoms with Crippen molar-refractivity contribution in [2.24, 2.45) is 0 Å². The molecule has 3 aromatic rings. The lowest BCUT2D eigenvalue weighted by Gasteiger charge is -2.34. The third kappa shape index (κ3) is 5.86. The van der Waals surface area contributed by atoms with E-state index in [9.17, 15) is 13.2 Å². The first-order valence-corrected chi connectivity index (χ1v) is 13.6. The van der Waals surface area contributed by atoms with Crippen LogP contribution in [-0.4, -0.2) is 49.7 Å².